The molecule has 102 valence electrons. The van der Waals surface area contributed by atoms with Gasteiger partial charge in [0.2, 0.25) is 0 Å². The van der Waals surface area contributed by atoms with Gasteiger partial charge in [0.1, 0.15) is 0 Å². The first kappa shape index (κ1) is 14.2. The van der Waals surface area contributed by atoms with Gasteiger partial charge in [0, 0.05) is 15.8 Å². The van der Waals surface area contributed by atoms with Crippen LogP contribution < -0.4 is 5.32 Å². The van der Waals surface area contributed by atoms with Crippen LogP contribution in [0.25, 0.3) is 10.4 Å². The Kier molecular flexibility index (Phi) is 4.32. The first-order chi connectivity index (χ1) is 9.02. The van der Waals surface area contributed by atoms with Crippen LogP contribution in [0.2, 0.25) is 0 Å². The topological polar surface area (TPSA) is 12.0 Å². The Morgan fingerprint density at radius 1 is 1.05 bits per heavy atom. The molecule has 0 radical (unpaired) electrons. The highest BCUT2D eigenvalue weighted by Gasteiger charge is 2.16. The molecular weight excluding hydrogens is 264 g/mol. The Balaban J connectivity index is 2.32. The van der Waals surface area contributed by atoms with Crippen molar-refractivity contribution < 1.29 is 8.78 Å². The lowest BCUT2D eigenvalue weighted by Gasteiger charge is -2.18. The summed E-state index contributed by atoms with van der Waals surface area (Å²) in [4.78, 5) is 2.16. The van der Waals surface area contributed by atoms with Crippen LogP contribution >= 0.6 is 11.3 Å². The Labute approximate surface area is 116 Å². The smallest absolute Gasteiger partial charge is 0.159 e. The van der Waals surface area contributed by atoms with E-state index in [1.54, 1.807) is 17.4 Å². The minimum atomic E-state index is -0.809. The van der Waals surface area contributed by atoms with Gasteiger partial charge in [-0.05, 0) is 42.8 Å². The fraction of sp³-hybridized carbons (Fsp3) is 0.333. The summed E-state index contributed by atoms with van der Waals surface area (Å²) in [6.45, 7) is 4.30. The summed E-state index contributed by atoms with van der Waals surface area (Å²) in [6.07, 6.45) is 0. The van der Waals surface area contributed by atoms with E-state index in [9.17, 15) is 8.78 Å². The largest absolute Gasteiger partial charge is 0.312 e. The second-order valence-corrected chi connectivity index (χ2v) is 5.96. The summed E-state index contributed by atoms with van der Waals surface area (Å²) in [7, 11) is 1.93. The van der Waals surface area contributed by atoms with E-state index in [1.165, 1.54) is 17.0 Å². The van der Waals surface area contributed by atoms with Gasteiger partial charge >= 0.3 is 0 Å². The van der Waals surface area contributed by atoms with E-state index in [4.69, 9.17) is 0 Å². The highest BCUT2D eigenvalue weighted by atomic mass is 32.1. The van der Waals surface area contributed by atoms with Crippen molar-refractivity contribution in [3.63, 3.8) is 0 Å². The van der Waals surface area contributed by atoms with E-state index in [0.717, 1.165) is 4.88 Å². The zero-order valence-corrected chi connectivity index (χ0v) is 12.0. The SMILES string of the molecule is CNC(c1ccc(-c2ccc(F)c(F)c2)s1)C(C)C. The molecular formula is C15H17F2NS. The number of thiophene rings is 1. The summed E-state index contributed by atoms with van der Waals surface area (Å²) in [5, 5.41) is 3.28. The summed E-state index contributed by atoms with van der Waals surface area (Å²) >= 11 is 1.61. The molecule has 1 heterocycles. The van der Waals surface area contributed by atoms with E-state index in [-0.39, 0.29) is 6.04 Å². The Bertz CT molecular complexity index is 563. The molecule has 1 nitrogen and oxygen atoms in total. The van der Waals surface area contributed by atoms with Gasteiger partial charge in [-0.15, -0.1) is 11.3 Å². The van der Waals surface area contributed by atoms with Crippen molar-refractivity contribution in [3.8, 4) is 10.4 Å². The molecule has 1 N–H and O–H groups in total. The van der Waals surface area contributed by atoms with Gasteiger partial charge in [-0.2, -0.15) is 0 Å². The third-order valence-corrected chi connectivity index (χ3v) is 4.33. The van der Waals surface area contributed by atoms with Crippen molar-refractivity contribution in [3.05, 3.63) is 46.8 Å². The molecule has 0 bridgehead atoms. The van der Waals surface area contributed by atoms with Gasteiger partial charge in [-0.3, -0.25) is 0 Å². The van der Waals surface area contributed by atoms with Crippen molar-refractivity contribution in [1.29, 1.82) is 0 Å². The van der Waals surface area contributed by atoms with Crippen molar-refractivity contribution in [2.24, 2.45) is 5.92 Å². The van der Waals surface area contributed by atoms with E-state index < -0.39 is 11.6 Å². The van der Waals surface area contributed by atoms with Crippen LogP contribution in [-0.2, 0) is 0 Å². The number of halogens is 2. The molecule has 0 saturated carbocycles. The van der Waals surface area contributed by atoms with Gasteiger partial charge < -0.3 is 5.32 Å². The molecule has 1 unspecified atom stereocenters. The first-order valence-corrected chi connectivity index (χ1v) is 7.07. The van der Waals surface area contributed by atoms with Gasteiger partial charge in [-0.1, -0.05) is 19.9 Å². The highest BCUT2D eigenvalue weighted by Crippen LogP contribution is 2.34. The maximum Gasteiger partial charge on any atom is 0.159 e. The number of nitrogens with one attached hydrogen (secondary N) is 1. The predicted molar refractivity (Wildman–Crippen MR) is 76.3 cm³/mol. The molecule has 0 saturated heterocycles. The molecule has 1 atom stereocenters. The molecule has 2 aromatic rings. The minimum Gasteiger partial charge on any atom is -0.312 e. The van der Waals surface area contributed by atoms with E-state index in [0.29, 0.717) is 11.5 Å². The van der Waals surface area contributed by atoms with Crippen LogP contribution in [0.5, 0.6) is 0 Å². The Hall–Kier alpha value is -1.26. The van der Waals surface area contributed by atoms with Crippen LogP contribution in [0, 0.1) is 17.6 Å². The molecule has 0 aliphatic rings. The summed E-state index contributed by atoms with van der Waals surface area (Å²) in [6, 6.07) is 8.31. The first-order valence-electron chi connectivity index (χ1n) is 6.25. The van der Waals surface area contributed by atoms with Crippen molar-refractivity contribution >= 4 is 11.3 Å². The molecule has 19 heavy (non-hydrogen) atoms. The number of rotatable bonds is 4. The van der Waals surface area contributed by atoms with Crippen molar-refractivity contribution in [2.75, 3.05) is 7.05 Å². The predicted octanol–water partition coefficient (Wildman–Crippen LogP) is 4.61. The fourth-order valence-electron chi connectivity index (χ4n) is 2.13. The molecule has 0 aliphatic carbocycles. The second kappa shape index (κ2) is 5.80. The lowest BCUT2D eigenvalue weighted by atomic mass is 10.0. The zero-order valence-electron chi connectivity index (χ0n) is 11.2. The van der Waals surface area contributed by atoms with Gasteiger partial charge in [-0.25, -0.2) is 8.78 Å². The molecule has 2 rings (SSSR count). The number of hydrogen-bond acceptors (Lipinski definition) is 2. The van der Waals surface area contributed by atoms with Crippen molar-refractivity contribution in [2.45, 2.75) is 19.9 Å². The molecule has 1 aromatic carbocycles. The number of benzene rings is 1. The monoisotopic (exact) mass is 281 g/mol. The normalized spacial score (nSPS) is 12.9. The van der Waals surface area contributed by atoms with Crippen LogP contribution in [0.1, 0.15) is 24.8 Å². The summed E-state index contributed by atoms with van der Waals surface area (Å²) in [5.74, 6) is -1.14. The molecule has 0 fully saturated rings. The molecule has 0 spiro atoms. The Morgan fingerprint density at radius 3 is 2.37 bits per heavy atom. The maximum atomic E-state index is 13.2. The summed E-state index contributed by atoms with van der Waals surface area (Å²) < 4.78 is 26.2. The van der Waals surface area contributed by atoms with Crippen LogP contribution in [0.3, 0.4) is 0 Å². The lowest BCUT2D eigenvalue weighted by Crippen LogP contribution is -2.20. The quantitative estimate of drug-likeness (QED) is 0.863. The highest BCUT2D eigenvalue weighted by molar-refractivity contribution is 7.15. The van der Waals surface area contributed by atoms with Crippen molar-refractivity contribution in [1.82, 2.24) is 5.32 Å². The van der Waals surface area contributed by atoms with Crippen LogP contribution in [0.15, 0.2) is 30.3 Å². The van der Waals surface area contributed by atoms with E-state index in [1.807, 2.05) is 19.2 Å². The molecule has 0 aliphatic heterocycles. The third kappa shape index (κ3) is 3.01. The van der Waals surface area contributed by atoms with E-state index >= 15 is 0 Å². The standard InChI is InChI=1S/C15H17F2NS/c1-9(2)15(18-3)14-7-6-13(19-14)10-4-5-11(16)12(17)8-10/h4-9,15,18H,1-3H3. The molecule has 0 amide bonds. The average molecular weight is 281 g/mol. The van der Waals surface area contributed by atoms with Crippen LogP contribution in [-0.4, -0.2) is 7.05 Å². The molecule has 4 heteroatoms. The summed E-state index contributed by atoms with van der Waals surface area (Å²) in [5.41, 5.74) is 0.716. The average Bonchev–Trinajstić information content (AvgIpc) is 2.82. The molecule has 1 aromatic heterocycles. The number of hydrogen-bond donors (Lipinski definition) is 1. The third-order valence-electron chi connectivity index (χ3n) is 3.12. The zero-order chi connectivity index (χ0) is 14.0. The van der Waals surface area contributed by atoms with Gasteiger partial charge in [0.25, 0.3) is 0 Å². The Morgan fingerprint density at radius 2 is 1.79 bits per heavy atom. The van der Waals surface area contributed by atoms with E-state index in [2.05, 4.69) is 19.2 Å². The van der Waals surface area contributed by atoms with Crippen LogP contribution in [0.4, 0.5) is 8.78 Å². The van der Waals surface area contributed by atoms with Gasteiger partial charge in [0.05, 0.1) is 0 Å². The lowest BCUT2D eigenvalue weighted by molar-refractivity contribution is 0.449. The second-order valence-electron chi connectivity index (χ2n) is 4.84. The minimum absolute atomic E-state index is 0.282. The maximum absolute atomic E-state index is 13.2. The van der Waals surface area contributed by atoms with Gasteiger partial charge in [0.15, 0.2) is 11.6 Å². The fourth-order valence-corrected chi connectivity index (χ4v) is 3.42.